The molecule has 0 aromatic carbocycles. The molecule has 0 aromatic heterocycles. The van der Waals surface area contributed by atoms with Gasteiger partial charge in [0.2, 0.25) is 0 Å². The van der Waals surface area contributed by atoms with Crippen LogP contribution < -0.4 is 0 Å². The van der Waals surface area contributed by atoms with Gasteiger partial charge in [0, 0.05) is 5.04 Å². The van der Waals surface area contributed by atoms with Crippen molar-refractivity contribution in [3.8, 4) is 0 Å². The molecule has 0 bridgehead atoms. The third kappa shape index (κ3) is 4.95. The summed E-state index contributed by atoms with van der Waals surface area (Å²) in [4.78, 5) is 5.71. The zero-order valence-corrected chi connectivity index (χ0v) is 5.49. The summed E-state index contributed by atoms with van der Waals surface area (Å²) in [5.74, 6) is 0. The van der Waals surface area contributed by atoms with Crippen LogP contribution in [0.2, 0.25) is 0 Å². The van der Waals surface area contributed by atoms with E-state index in [2.05, 4.69) is 14.8 Å². The first-order valence-corrected chi connectivity index (χ1v) is 2.38. The molecule has 0 saturated heterocycles. The minimum absolute atomic E-state index is 2.54. The molecule has 0 aliphatic rings. The van der Waals surface area contributed by atoms with Crippen LogP contribution in [0.25, 0.3) is 0 Å². The summed E-state index contributed by atoms with van der Waals surface area (Å²) in [5.41, 5.74) is 0. The molecule has 0 fully saturated rings. The number of halogens is 6. The first kappa shape index (κ1) is 11.6. The van der Waals surface area contributed by atoms with Crippen molar-refractivity contribution in [2.75, 3.05) is 0 Å². The summed E-state index contributed by atoms with van der Waals surface area (Å²) in [5, 5.41) is 2.85. The van der Waals surface area contributed by atoms with Gasteiger partial charge in [-0.3, -0.25) is 9.78 Å². The van der Waals surface area contributed by atoms with Gasteiger partial charge in [0.1, 0.15) is 0 Å². The molecule has 0 aromatic rings. The van der Waals surface area contributed by atoms with Crippen LogP contribution in [-0.4, -0.2) is 0 Å². The molecular formula is C4F6O3. The maximum absolute atomic E-state index is 11.6. The summed E-state index contributed by atoms with van der Waals surface area (Å²) < 4.78 is 67.5. The molecule has 76 valence electrons. The van der Waals surface area contributed by atoms with Crippen LogP contribution in [0.1, 0.15) is 0 Å². The molecule has 0 unspecified atom stereocenters. The maximum atomic E-state index is 11.6. The van der Waals surface area contributed by atoms with E-state index in [9.17, 15) is 26.3 Å². The van der Waals surface area contributed by atoms with E-state index in [1.165, 1.54) is 0 Å². The standard InChI is InChI=1S/C4F6O3/c5-1(6)3(9)11-13-12-4(10)2(7)8. The Bertz CT molecular complexity index is 204. The molecule has 0 radical (unpaired) electrons. The predicted octanol–water partition coefficient (Wildman–Crippen LogP) is 2.94. The van der Waals surface area contributed by atoms with Gasteiger partial charge in [-0.15, -0.1) is 0 Å². The Morgan fingerprint density at radius 2 is 0.923 bits per heavy atom. The van der Waals surface area contributed by atoms with Crippen LogP contribution in [0.5, 0.6) is 0 Å². The number of hydrogen-bond donors (Lipinski definition) is 0. The van der Waals surface area contributed by atoms with Gasteiger partial charge in [0.05, 0.1) is 0 Å². The van der Waals surface area contributed by atoms with Crippen molar-refractivity contribution in [3.05, 3.63) is 24.2 Å². The molecule has 3 nitrogen and oxygen atoms in total. The molecule has 0 heterocycles. The molecule has 0 aliphatic heterocycles. The smallest absolute Gasteiger partial charge is 0.262 e. The van der Waals surface area contributed by atoms with Crippen molar-refractivity contribution in [2.24, 2.45) is 0 Å². The Labute approximate surface area is 66.6 Å². The van der Waals surface area contributed by atoms with Crippen molar-refractivity contribution in [3.63, 3.8) is 0 Å². The average Bonchev–Trinajstić information content (AvgIpc) is 2.03. The quantitative estimate of drug-likeness (QED) is 0.309. The number of hydrogen-bond acceptors (Lipinski definition) is 3. The second-order valence-corrected chi connectivity index (χ2v) is 1.30. The van der Waals surface area contributed by atoms with Crippen molar-refractivity contribution in [2.45, 2.75) is 0 Å². The third-order valence-electron chi connectivity index (χ3n) is 0.512. The van der Waals surface area contributed by atoms with Gasteiger partial charge in [-0.1, -0.05) is 0 Å². The zero-order valence-electron chi connectivity index (χ0n) is 5.49. The Hall–Kier alpha value is -1.38. The lowest BCUT2D eigenvalue weighted by Gasteiger charge is -1.97. The van der Waals surface area contributed by atoms with Crippen LogP contribution in [0.3, 0.4) is 0 Å². The van der Waals surface area contributed by atoms with Gasteiger partial charge < -0.3 is 0 Å². The highest BCUT2D eigenvalue weighted by atomic mass is 19.3. The molecule has 0 rings (SSSR count). The fourth-order valence-electron chi connectivity index (χ4n) is 0.140. The fraction of sp³-hybridized carbons (Fsp3) is 0. The monoisotopic (exact) mass is 210 g/mol. The average molecular weight is 210 g/mol. The molecule has 0 atom stereocenters. The summed E-state index contributed by atoms with van der Waals surface area (Å²) in [7, 11) is 0. The molecule has 9 heteroatoms. The van der Waals surface area contributed by atoms with E-state index in [0.29, 0.717) is 0 Å². The van der Waals surface area contributed by atoms with Crippen LogP contribution in [-0.2, 0) is 14.8 Å². The molecule has 0 saturated carbocycles. The predicted molar refractivity (Wildman–Crippen MR) is 24.0 cm³/mol. The van der Waals surface area contributed by atoms with E-state index in [-0.39, 0.29) is 0 Å². The lowest BCUT2D eigenvalue weighted by Crippen LogP contribution is -1.93. The van der Waals surface area contributed by atoms with Crippen LogP contribution in [0.4, 0.5) is 26.3 Å². The SMILES string of the molecule is FC(F)=C(F)OOOC(F)=C(F)F. The molecule has 13 heavy (non-hydrogen) atoms. The highest BCUT2D eigenvalue weighted by Gasteiger charge is 2.11. The van der Waals surface area contributed by atoms with Crippen molar-refractivity contribution >= 4 is 0 Å². The molecule has 0 aliphatic carbocycles. The Kier molecular flexibility index (Phi) is 4.74. The third-order valence-corrected chi connectivity index (χ3v) is 0.512. The van der Waals surface area contributed by atoms with Crippen LogP contribution in [0.15, 0.2) is 24.2 Å². The highest BCUT2D eigenvalue weighted by Crippen LogP contribution is 2.14. The largest absolute Gasteiger partial charge is 0.380 e. The van der Waals surface area contributed by atoms with Crippen molar-refractivity contribution < 1.29 is 41.2 Å². The van der Waals surface area contributed by atoms with E-state index in [1.54, 1.807) is 0 Å². The Morgan fingerprint density at radius 3 is 1.15 bits per heavy atom. The van der Waals surface area contributed by atoms with E-state index in [1.807, 2.05) is 0 Å². The van der Waals surface area contributed by atoms with E-state index in [4.69, 9.17) is 0 Å². The second-order valence-electron chi connectivity index (χ2n) is 1.30. The van der Waals surface area contributed by atoms with Gasteiger partial charge >= 0.3 is 24.2 Å². The van der Waals surface area contributed by atoms with E-state index >= 15 is 0 Å². The summed E-state index contributed by atoms with van der Waals surface area (Å²) >= 11 is 0. The fourth-order valence-corrected chi connectivity index (χ4v) is 0.140. The normalized spacial score (nSPS) is 9.08. The second kappa shape index (κ2) is 5.30. The van der Waals surface area contributed by atoms with Gasteiger partial charge in [0.25, 0.3) is 0 Å². The Balaban J connectivity index is 3.83. The zero-order chi connectivity index (χ0) is 10.4. The first-order chi connectivity index (χ1) is 5.95. The molecule has 0 N–H and O–H groups in total. The van der Waals surface area contributed by atoms with Crippen molar-refractivity contribution in [1.29, 1.82) is 0 Å². The summed E-state index contributed by atoms with van der Waals surface area (Å²) in [6, 6.07) is -5.07. The lowest BCUT2D eigenvalue weighted by atomic mass is 11.0. The highest BCUT2D eigenvalue weighted by molar-refractivity contribution is 4.79. The van der Waals surface area contributed by atoms with Crippen LogP contribution >= 0.6 is 0 Å². The van der Waals surface area contributed by atoms with Gasteiger partial charge in [0.15, 0.2) is 0 Å². The van der Waals surface area contributed by atoms with Crippen molar-refractivity contribution in [1.82, 2.24) is 0 Å². The van der Waals surface area contributed by atoms with Gasteiger partial charge in [-0.2, -0.15) is 26.3 Å². The van der Waals surface area contributed by atoms with Gasteiger partial charge in [-0.25, -0.2) is 0 Å². The molecule has 0 amide bonds. The Morgan fingerprint density at radius 1 is 0.615 bits per heavy atom. The topological polar surface area (TPSA) is 27.7 Å². The van der Waals surface area contributed by atoms with E-state index in [0.717, 1.165) is 0 Å². The maximum Gasteiger partial charge on any atom is 0.380 e. The summed E-state index contributed by atoms with van der Waals surface area (Å²) in [6.45, 7) is 0. The van der Waals surface area contributed by atoms with Gasteiger partial charge in [-0.05, 0) is 0 Å². The summed E-state index contributed by atoms with van der Waals surface area (Å²) in [6.07, 6.45) is -5.84. The lowest BCUT2D eigenvalue weighted by molar-refractivity contribution is -0.493. The molecular weight excluding hydrogens is 210 g/mol. The minimum Gasteiger partial charge on any atom is -0.262 e. The molecule has 0 spiro atoms. The first-order valence-electron chi connectivity index (χ1n) is 2.38. The van der Waals surface area contributed by atoms with E-state index < -0.39 is 24.2 Å². The minimum atomic E-state index is -2.92. The van der Waals surface area contributed by atoms with Crippen LogP contribution in [0, 0.1) is 0 Å². The number of rotatable bonds is 4.